The van der Waals surface area contributed by atoms with E-state index in [1.165, 1.54) is 0 Å². The molecule has 0 aliphatic carbocycles. The SMILES string of the molecule is CCOC(=O)c1c(C)[nH]c(C)c1C(=O)COc1ccc2ccc(OC)cc2c1. The highest BCUT2D eigenvalue weighted by Crippen LogP contribution is 2.26. The first-order valence-corrected chi connectivity index (χ1v) is 9.04. The molecule has 0 spiro atoms. The molecule has 1 N–H and O–H groups in total. The summed E-state index contributed by atoms with van der Waals surface area (Å²) in [6.45, 7) is 5.29. The molecule has 0 bridgehead atoms. The van der Waals surface area contributed by atoms with Crippen molar-refractivity contribution in [2.45, 2.75) is 20.8 Å². The van der Waals surface area contributed by atoms with Gasteiger partial charge in [-0.25, -0.2) is 4.79 Å². The maximum atomic E-state index is 12.8. The Bertz CT molecular complexity index is 1030. The molecule has 3 aromatic rings. The van der Waals surface area contributed by atoms with Crippen molar-refractivity contribution in [2.75, 3.05) is 20.3 Å². The zero-order chi connectivity index (χ0) is 20.3. The molecule has 0 saturated heterocycles. The van der Waals surface area contributed by atoms with Crippen LogP contribution in [-0.4, -0.2) is 37.1 Å². The highest BCUT2D eigenvalue weighted by molar-refractivity contribution is 6.08. The standard InChI is InChI=1S/C22H23NO5/c1-5-27-22(25)21-14(3)23-13(2)20(21)19(24)12-28-18-9-7-15-6-8-17(26-4)10-16(15)11-18/h6-11,23H,5,12H2,1-4H3. The maximum absolute atomic E-state index is 12.8. The second-order valence-corrected chi connectivity index (χ2v) is 6.43. The van der Waals surface area contributed by atoms with Gasteiger partial charge in [0.2, 0.25) is 5.78 Å². The van der Waals surface area contributed by atoms with Crippen LogP contribution in [0.3, 0.4) is 0 Å². The minimum Gasteiger partial charge on any atom is -0.497 e. The molecule has 0 fully saturated rings. The minimum absolute atomic E-state index is 0.181. The molecule has 2 aromatic carbocycles. The molecule has 1 aromatic heterocycles. The second kappa shape index (κ2) is 8.17. The van der Waals surface area contributed by atoms with E-state index >= 15 is 0 Å². The van der Waals surface area contributed by atoms with Gasteiger partial charge in [0.15, 0.2) is 6.61 Å². The summed E-state index contributed by atoms with van der Waals surface area (Å²) < 4.78 is 16.0. The summed E-state index contributed by atoms with van der Waals surface area (Å²) in [5.41, 5.74) is 1.82. The van der Waals surface area contributed by atoms with Crippen LogP contribution in [0.1, 0.15) is 39.0 Å². The zero-order valence-electron chi connectivity index (χ0n) is 16.4. The molecular weight excluding hydrogens is 358 g/mol. The Labute approximate surface area is 163 Å². The van der Waals surface area contributed by atoms with Gasteiger partial charge in [-0.3, -0.25) is 4.79 Å². The highest BCUT2D eigenvalue weighted by atomic mass is 16.5. The number of hydrogen-bond donors (Lipinski definition) is 1. The molecule has 0 saturated carbocycles. The molecule has 0 unspecified atom stereocenters. The van der Waals surface area contributed by atoms with Crippen molar-refractivity contribution in [3.63, 3.8) is 0 Å². The van der Waals surface area contributed by atoms with Crippen LogP contribution in [0, 0.1) is 13.8 Å². The number of rotatable bonds is 7. The van der Waals surface area contributed by atoms with Crippen molar-refractivity contribution in [3.8, 4) is 11.5 Å². The molecule has 28 heavy (non-hydrogen) atoms. The summed E-state index contributed by atoms with van der Waals surface area (Å²) in [5.74, 6) is 0.524. The zero-order valence-corrected chi connectivity index (χ0v) is 16.4. The molecule has 6 heteroatoms. The molecule has 1 heterocycles. The summed E-state index contributed by atoms with van der Waals surface area (Å²) in [6.07, 6.45) is 0. The number of nitrogens with one attached hydrogen (secondary N) is 1. The normalized spacial score (nSPS) is 10.7. The summed E-state index contributed by atoms with van der Waals surface area (Å²) in [7, 11) is 1.61. The van der Waals surface area contributed by atoms with Gasteiger partial charge in [-0.2, -0.15) is 0 Å². The molecule has 146 valence electrons. The molecule has 3 rings (SSSR count). The van der Waals surface area contributed by atoms with Gasteiger partial charge in [-0.1, -0.05) is 12.1 Å². The Hall–Kier alpha value is -3.28. The fourth-order valence-corrected chi connectivity index (χ4v) is 3.23. The lowest BCUT2D eigenvalue weighted by atomic mass is 10.1. The van der Waals surface area contributed by atoms with Crippen molar-refractivity contribution < 1.29 is 23.8 Å². The Kier molecular flexibility index (Phi) is 5.68. The highest BCUT2D eigenvalue weighted by Gasteiger charge is 2.25. The second-order valence-electron chi connectivity index (χ2n) is 6.43. The van der Waals surface area contributed by atoms with Gasteiger partial charge in [-0.15, -0.1) is 0 Å². The van der Waals surface area contributed by atoms with Gasteiger partial charge < -0.3 is 19.2 Å². The van der Waals surface area contributed by atoms with Crippen LogP contribution in [0.2, 0.25) is 0 Å². The number of aryl methyl sites for hydroxylation is 2. The number of benzene rings is 2. The van der Waals surface area contributed by atoms with Crippen LogP contribution in [-0.2, 0) is 4.74 Å². The molecule has 0 atom stereocenters. The van der Waals surface area contributed by atoms with Crippen molar-refractivity contribution in [3.05, 3.63) is 58.9 Å². The molecule has 0 amide bonds. The third kappa shape index (κ3) is 3.86. The number of carbonyl (C=O) groups excluding carboxylic acids is 2. The predicted molar refractivity (Wildman–Crippen MR) is 107 cm³/mol. The molecule has 6 nitrogen and oxygen atoms in total. The number of aromatic amines is 1. The lowest BCUT2D eigenvalue weighted by Crippen LogP contribution is -2.17. The lowest BCUT2D eigenvalue weighted by molar-refractivity contribution is 0.0522. The van der Waals surface area contributed by atoms with Gasteiger partial charge in [0, 0.05) is 11.4 Å². The summed E-state index contributed by atoms with van der Waals surface area (Å²) >= 11 is 0. The van der Waals surface area contributed by atoms with Crippen LogP contribution in [0.5, 0.6) is 11.5 Å². The number of esters is 1. The fourth-order valence-electron chi connectivity index (χ4n) is 3.23. The monoisotopic (exact) mass is 381 g/mol. The number of H-pyrrole nitrogens is 1. The van der Waals surface area contributed by atoms with E-state index in [2.05, 4.69) is 4.98 Å². The largest absolute Gasteiger partial charge is 0.497 e. The van der Waals surface area contributed by atoms with E-state index in [-0.39, 0.29) is 24.6 Å². The summed E-state index contributed by atoms with van der Waals surface area (Å²) in [6, 6.07) is 11.3. The Morgan fingerprint density at radius 2 is 1.57 bits per heavy atom. The Balaban J connectivity index is 1.81. The molecule has 0 aliphatic rings. The van der Waals surface area contributed by atoms with Gasteiger partial charge in [0.05, 0.1) is 24.8 Å². The Morgan fingerprint density at radius 1 is 0.929 bits per heavy atom. The van der Waals surface area contributed by atoms with Gasteiger partial charge >= 0.3 is 5.97 Å². The fraction of sp³-hybridized carbons (Fsp3) is 0.273. The maximum Gasteiger partial charge on any atom is 0.340 e. The minimum atomic E-state index is -0.509. The quantitative estimate of drug-likeness (QED) is 0.489. The van der Waals surface area contributed by atoms with Crippen LogP contribution in [0.25, 0.3) is 10.8 Å². The van der Waals surface area contributed by atoms with E-state index in [0.717, 1.165) is 16.5 Å². The number of Topliss-reactive ketones (excluding diaryl/α,β-unsaturated/α-hetero) is 1. The van der Waals surface area contributed by atoms with E-state index in [1.54, 1.807) is 27.9 Å². The molecular formula is C22H23NO5. The van der Waals surface area contributed by atoms with Crippen LogP contribution in [0.4, 0.5) is 0 Å². The average molecular weight is 381 g/mol. The Morgan fingerprint density at radius 3 is 2.25 bits per heavy atom. The molecule has 0 radical (unpaired) electrons. The van der Waals surface area contributed by atoms with E-state index in [1.807, 2.05) is 36.4 Å². The third-order valence-electron chi connectivity index (χ3n) is 4.52. The van der Waals surface area contributed by atoms with Crippen molar-refractivity contribution in [2.24, 2.45) is 0 Å². The number of ketones is 1. The van der Waals surface area contributed by atoms with Gasteiger partial charge in [0.1, 0.15) is 11.5 Å². The smallest absolute Gasteiger partial charge is 0.340 e. The van der Waals surface area contributed by atoms with E-state index in [9.17, 15) is 9.59 Å². The van der Waals surface area contributed by atoms with Crippen LogP contribution >= 0.6 is 0 Å². The van der Waals surface area contributed by atoms with E-state index in [4.69, 9.17) is 14.2 Å². The van der Waals surface area contributed by atoms with E-state index < -0.39 is 5.97 Å². The average Bonchev–Trinajstić information content (AvgIpc) is 2.99. The summed E-state index contributed by atoms with van der Waals surface area (Å²) in [4.78, 5) is 28.1. The number of methoxy groups -OCH3 is 1. The first kappa shape index (κ1) is 19.5. The topological polar surface area (TPSA) is 77.6 Å². The van der Waals surface area contributed by atoms with Gasteiger partial charge in [-0.05, 0) is 55.8 Å². The first-order valence-electron chi connectivity index (χ1n) is 9.04. The van der Waals surface area contributed by atoms with Crippen molar-refractivity contribution in [1.82, 2.24) is 4.98 Å². The molecule has 0 aliphatic heterocycles. The van der Waals surface area contributed by atoms with Gasteiger partial charge in [0.25, 0.3) is 0 Å². The number of carbonyl (C=O) groups is 2. The number of fused-ring (bicyclic) bond motifs is 1. The third-order valence-corrected chi connectivity index (χ3v) is 4.52. The number of aromatic nitrogens is 1. The lowest BCUT2D eigenvalue weighted by Gasteiger charge is -2.09. The predicted octanol–water partition coefficient (Wildman–Crippen LogP) is 4.23. The first-order chi connectivity index (χ1) is 13.4. The van der Waals surface area contributed by atoms with Crippen LogP contribution < -0.4 is 9.47 Å². The van der Waals surface area contributed by atoms with Crippen molar-refractivity contribution >= 4 is 22.5 Å². The number of ether oxygens (including phenoxy) is 3. The van der Waals surface area contributed by atoms with Crippen molar-refractivity contribution in [1.29, 1.82) is 0 Å². The van der Waals surface area contributed by atoms with E-state index in [0.29, 0.717) is 22.7 Å². The number of hydrogen-bond acceptors (Lipinski definition) is 5. The summed E-state index contributed by atoms with van der Waals surface area (Å²) in [5, 5.41) is 1.99. The van der Waals surface area contributed by atoms with Crippen LogP contribution in [0.15, 0.2) is 36.4 Å².